The number of aromatic nitrogens is 1. The maximum Gasteiger partial charge on any atom is 0.159 e. The van der Waals surface area contributed by atoms with Crippen molar-refractivity contribution in [3.8, 4) is 6.07 Å². The van der Waals surface area contributed by atoms with E-state index in [0.29, 0.717) is 5.69 Å². The topological polar surface area (TPSA) is 70.4 Å². The summed E-state index contributed by atoms with van der Waals surface area (Å²) in [6.45, 7) is 11.7. The van der Waals surface area contributed by atoms with Gasteiger partial charge in [-0.2, -0.15) is 5.26 Å². The first-order valence-corrected chi connectivity index (χ1v) is 11.0. The molecule has 0 saturated carbocycles. The number of pyridine rings is 1. The fourth-order valence-corrected chi connectivity index (χ4v) is 4.01. The standard InChI is InChI=1S/C25H32N4O2/c1-24(2,3)20-6-4-19(5-7-20)14-29(22-9-8-21(12-26)28-13-22)11-10-23-30-17-25(18-31-23)15-27-16-25/h4-9,13,23,27H,10-11,14-18H2,1-3H3. The van der Waals surface area contributed by atoms with E-state index < -0.39 is 0 Å². The van der Waals surface area contributed by atoms with Gasteiger partial charge in [0.25, 0.3) is 0 Å². The maximum absolute atomic E-state index is 9.07. The van der Waals surface area contributed by atoms with Crippen LogP contribution in [-0.4, -0.2) is 44.1 Å². The van der Waals surface area contributed by atoms with E-state index >= 15 is 0 Å². The van der Waals surface area contributed by atoms with E-state index in [2.05, 4.69) is 66.3 Å². The summed E-state index contributed by atoms with van der Waals surface area (Å²) in [5, 5.41) is 12.4. The molecule has 0 bridgehead atoms. The van der Waals surface area contributed by atoms with Crippen LogP contribution < -0.4 is 10.2 Å². The largest absolute Gasteiger partial charge is 0.366 e. The molecule has 4 rings (SSSR count). The zero-order valence-electron chi connectivity index (χ0n) is 18.7. The van der Waals surface area contributed by atoms with Crippen molar-refractivity contribution in [3.63, 3.8) is 0 Å². The number of rotatable bonds is 6. The minimum Gasteiger partial charge on any atom is -0.366 e. The molecule has 2 saturated heterocycles. The fraction of sp³-hybridized carbons (Fsp3) is 0.520. The Morgan fingerprint density at radius 2 is 1.84 bits per heavy atom. The van der Waals surface area contributed by atoms with Gasteiger partial charge in [0, 0.05) is 38.0 Å². The highest BCUT2D eigenvalue weighted by atomic mass is 16.7. The van der Waals surface area contributed by atoms with E-state index in [1.54, 1.807) is 12.3 Å². The van der Waals surface area contributed by atoms with Crippen molar-refractivity contribution >= 4 is 5.69 Å². The third kappa shape index (κ3) is 5.24. The molecule has 3 heterocycles. The van der Waals surface area contributed by atoms with Crippen LogP contribution in [0.3, 0.4) is 0 Å². The summed E-state index contributed by atoms with van der Waals surface area (Å²) in [4.78, 5) is 6.55. The predicted octanol–water partition coefficient (Wildman–Crippen LogP) is 3.61. The summed E-state index contributed by atoms with van der Waals surface area (Å²) >= 11 is 0. The van der Waals surface area contributed by atoms with Crippen LogP contribution in [0.4, 0.5) is 5.69 Å². The molecule has 31 heavy (non-hydrogen) atoms. The van der Waals surface area contributed by atoms with Crippen LogP contribution in [0, 0.1) is 16.7 Å². The fourth-order valence-electron chi connectivity index (χ4n) is 4.01. The molecule has 164 valence electrons. The Kier molecular flexibility index (Phi) is 6.29. The molecule has 0 radical (unpaired) electrons. The Labute approximate surface area is 185 Å². The van der Waals surface area contributed by atoms with Gasteiger partial charge in [-0.25, -0.2) is 4.98 Å². The second-order valence-corrected chi connectivity index (χ2v) is 9.83. The average molecular weight is 421 g/mol. The van der Waals surface area contributed by atoms with Gasteiger partial charge in [0.1, 0.15) is 11.8 Å². The van der Waals surface area contributed by atoms with Gasteiger partial charge in [-0.15, -0.1) is 0 Å². The summed E-state index contributed by atoms with van der Waals surface area (Å²) in [5.41, 5.74) is 4.31. The van der Waals surface area contributed by atoms with Gasteiger partial charge in [0.05, 0.1) is 25.1 Å². The Balaban J connectivity index is 1.43. The molecule has 6 nitrogen and oxygen atoms in total. The maximum atomic E-state index is 9.07. The number of nitriles is 1. The Morgan fingerprint density at radius 3 is 2.35 bits per heavy atom. The molecule has 0 amide bonds. The van der Waals surface area contributed by atoms with Gasteiger partial charge >= 0.3 is 0 Å². The van der Waals surface area contributed by atoms with Gasteiger partial charge in [-0.05, 0) is 28.7 Å². The van der Waals surface area contributed by atoms with Crippen LogP contribution >= 0.6 is 0 Å². The number of hydrogen-bond acceptors (Lipinski definition) is 6. The second-order valence-electron chi connectivity index (χ2n) is 9.83. The van der Waals surface area contributed by atoms with E-state index in [1.807, 2.05) is 6.07 Å². The molecule has 2 aliphatic rings. The highest BCUT2D eigenvalue weighted by molar-refractivity contribution is 5.46. The number of hydrogen-bond donors (Lipinski definition) is 1. The van der Waals surface area contributed by atoms with Crippen LogP contribution in [0.2, 0.25) is 0 Å². The first-order valence-electron chi connectivity index (χ1n) is 11.0. The lowest BCUT2D eigenvalue weighted by atomic mass is 9.83. The second kappa shape index (κ2) is 8.96. The average Bonchev–Trinajstić information content (AvgIpc) is 2.76. The molecule has 2 aromatic rings. The van der Waals surface area contributed by atoms with Gasteiger partial charge in [0.2, 0.25) is 0 Å². The molecule has 2 aliphatic heterocycles. The van der Waals surface area contributed by atoms with Gasteiger partial charge in [-0.3, -0.25) is 0 Å². The number of benzene rings is 1. The molecule has 0 atom stereocenters. The number of nitrogens with one attached hydrogen (secondary N) is 1. The van der Waals surface area contributed by atoms with E-state index in [4.69, 9.17) is 14.7 Å². The minimum atomic E-state index is -0.177. The third-order valence-electron chi connectivity index (χ3n) is 6.21. The van der Waals surface area contributed by atoms with Crippen molar-refractivity contribution in [3.05, 3.63) is 59.4 Å². The Morgan fingerprint density at radius 1 is 1.13 bits per heavy atom. The van der Waals surface area contributed by atoms with E-state index in [9.17, 15) is 0 Å². The van der Waals surface area contributed by atoms with Crippen LogP contribution in [-0.2, 0) is 21.4 Å². The highest BCUT2D eigenvalue weighted by Gasteiger charge is 2.42. The van der Waals surface area contributed by atoms with Gasteiger partial charge in [0.15, 0.2) is 6.29 Å². The highest BCUT2D eigenvalue weighted by Crippen LogP contribution is 2.30. The summed E-state index contributed by atoms with van der Waals surface area (Å²) in [5.74, 6) is 0. The lowest BCUT2D eigenvalue weighted by Crippen LogP contribution is -2.61. The van der Waals surface area contributed by atoms with Gasteiger partial charge < -0.3 is 19.7 Å². The lowest BCUT2D eigenvalue weighted by molar-refractivity contribution is -0.239. The van der Waals surface area contributed by atoms with Gasteiger partial charge in [-0.1, -0.05) is 45.0 Å². The molecule has 1 aromatic heterocycles. The summed E-state index contributed by atoms with van der Waals surface area (Å²) < 4.78 is 12.0. The Hall–Kier alpha value is -2.46. The smallest absolute Gasteiger partial charge is 0.159 e. The normalized spacial score (nSPS) is 18.4. The zero-order chi connectivity index (χ0) is 21.9. The van der Waals surface area contributed by atoms with Crippen molar-refractivity contribution in [1.82, 2.24) is 10.3 Å². The first kappa shape index (κ1) is 21.8. The molecule has 1 spiro atoms. The molecule has 6 heteroatoms. The molecule has 1 aromatic carbocycles. The van der Waals surface area contributed by atoms with Crippen molar-refractivity contribution in [2.24, 2.45) is 5.41 Å². The van der Waals surface area contributed by atoms with Crippen LogP contribution in [0.1, 0.15) is 44.0 Å². The van der Waals surface area contributed by atoms with Crippen molar-refractivity contribution < 1.29 is 9.47 Å². The number of anilines is 1. The summed E-state index contributed by atoms with van der Waals surface area (Å²) in [7, 11) is 0. The SMILES string of the molecule is CC(C)(C)c1ccc(CN(CCC2OCC3(CNC3)CO2)c2ccc(C#N)nc2)cc1. The third-order valence-corrected chi connectivity index (χ3v) is 6.21. The van der Waals surface area contributed by atoms with Crippen LogP contribution in [0.15, 0.2) is 42.6 Å². The predicted molar refractivity (Wildman–Crippen MR) is 121 cm³/mol. The van der Waals surface area contributed by atoms with E-state index in [0.717, 1.165) is 51.5 Å². The van der Waals surface area contributed by atoms with Crippen molar-refractivity contribution in [2.45, 2.75) is 45.4 Å². The molecule has 1 N–H and O–H groups in total. The number of nitrogens with zero attached hydrogens (tertiary/aromatic N) is 3. The monoisotopic (exact) mass is 420 g/mol. The summed E-state index contributed by atoms with van der Waals surface area (Å²) in [6.07, 6.45) is 2.38. The van der Waals surface area contributed by atoms with Crippen LogP contribution in [0.5, 0.6) is 0 Å². The van der Waals surface area contributed by atoms with Crippen LogP contribution in [0.25, 0.3) is 0 Å². The number of ether oxygens (including phenoxy) is 2. The van der Waals surface area contributed by atoms with E-state index in [1.165, 1.54) is 11.1 Å². The molecular weight excluding hydrogens is 388 g/mol. The van der Waals surface area contributed by atoms with E-state index in [-0.39, 0.29) is 17.1 Å². The Bertz CT molecular complexity index is 899. The summed E-state index contributed by atoms with van der Waals surface area (Å²) in [6, 6.07) is 14.7. The molecular formula is C25H32N4O2. The quantitative estimate of drug-likeness (QED) is 0.770. The van der Waals surface area contributed by atoms with Crippen molar-refractivity contribution in [2.75, 3.05) is 37.7 Å². The van der Waals surface area contributed by atoms with Crippen molar-refractivity contribution in [1.29, 1.82) is 5.26 Å². The molecule has 0 aliphatic carbocycles. The first-order chi connectivity index (χ1) is 14.9. The lowest BCUT2D eigenvalue weighted by Gasteiger charge is -2.46. The molecule has 2 fully saturated rings. The molecule has 0 unspecified atom stereocenters. The zero-order valence-corrected chi connectivity index (χ0v) is 18.7. The minimum absolute atomic E-state index is 0.137.